The first-order valence-corrected chi connectivity index (χ1v) is 10.1. The van der Waals surface area contributed by atoms with E-state index in [1.807, 2.05) is 0 Å². The Bertz CT molecular complexity index is 837. The maximum Gasteiger partial charge on any atom is 0.175 e. The van der Waals surface area contributed by atoms with Crippen molar-refractivity contribution in [1.82, 2.24) is 20.3 Å². The standard InChI is InChI=1S/C16H22N4O5S/c1-26(23,24)13-4-2-11(3-5-13)6-17-16-14(22)10-25-15(16)8-20-7-12(9-21)18-19-20/h2-5,7,14-17,21-22H,6,8-10H2,1H3/t14-,15+,16+/m0/s1. The van der Waals surface area contributed by atoms with Crippen LogP contribution in [0, 0.1) is 0 Å². The zero-order valence-corrected chi connectivity index (χ0v) is 15.1. The fourth-order valence-electron chi connectivity index (χ4n) is 2.89. The van der Waals surface area contributed by atoms with Gasteiger partial charge < -0.3 is 20.3 Å². The number of rotatable bonds is 7. The van der Waals surface area contributed by atoms with Crippen LogP contribution in [0.25, 0.3) is 0 Å². The van der Waals surface area contributed by atoms with Gasteiger partial charge in [-0.2, -0.15) is 0 Å². The highest BCUT2D eigenvalue weighted by molar-refractivity contribution is 7.90. The van der Waals surface area contributed by atoms with Gasteiger partial charge in [-0.3, -0.25) is 0 Å². The molecule has 1 aliphatic rings. The molecule has 1 aromatic carbocycles. The van der Waals surface area contributed by atoms with E-state index in [4.69, 9.17) is 9.84 Å². The minimum atomic E-state index is -3.22. The Morgan fingerprint density at radius 3 is 2.69 bits per heavy atom. The Hall–Kier alpha value is -1.85. The third kappa shape index (κ3) is 4.46. The SMILES string of the molecule is CS(=O)(=O)c1ccc(CN[C@@H]2[C@@H](O)CO[C@@H]2Cn2cc(CO)nn2)cc1. The van der Waals surface area contributed by atoms with E-state index in [9.17, 15) is 13.5 Å². The van der Waals surface area contributed by atoms with Gasteiger partial charge in [0.1, 0.15) is 5.69 Å². The van der Waals surface area contributed by atoms with Crippen molar-refractivity contribution in [2.45, 2.75) is 42.8 Å². The zero-order chi connectivity index (χ0) is 18.7. The lowest BCUT2D eigenvalue weighted by Gasteiger charge is -2.21. The van der Waals surface area contributed by atoms with Crippen LogP contribution in [-0.4, -0.2) is 64.7 Å². The van der Waals surface area contributed by atoms with E-state index in [0.717, 1.165) is 5.56 Å². The number of aliphatic hydroxyl groups is 2. The van der Waals surface area contributed by atoms with E-state index in [-0.39, 0.29) is 30.3 Å². The number of nitrogens with zero attached hydrogens (tertiary/aromatic N) is 3. The van der Waals surface area contributed by atoms with Crippen LogP contribution in [0.3, 0.4) is 0 Å². The van der Waals surface area contributed by atoms with Crippen LogP contribution in [0.4, 0.5) is 0 Å². The molecule has 1 fully saturated rings. The molecule has 0 aliphatic carbocycles. The summed E-state index contributed by atoms with van der Waals surface area (Å²) in [5, 5.41) is 30.2. The van der Waals surface area contributed by atoms with Crippen LogP contribution in [-0.2, 0) is 34.3 Å². The Morgan fingerprint density at radius 1 is 1.35 bits per heavy atom. The first-order chi connectivity index (χ1) is 12.4. The summed E-state index contributed by atoms with van der Waals surface area (Å²) in [5.41, 5.74) is 1.37. The lowest BCUT2D eigenvalue weighted by atomic mass is 10.1. The van der Waals surface area contributed by atoms with Gasteiger partial charge in [-0.1, -0.05) is 17.3 Å². The zero-order valence-electron chi connectivity index (χ0n) is 14.3. The molecule has 2 aromatic rings. The minimum Gasteiger partial charge on any atom is -0.390 e. The van der Waals surface area contributed by atoms with Gasteiger partial charge in [-0.05, 0) is 17.7 Å². The second kappa shape index (κ2) is 7.80. The fraction of sp³-hybridized carbons (Fsp3) is 0.500. The van der Waals surface area contributed by atoms with Crippen molar-refractivity contribution in [3.8, 4) is 0 Å². The largest absolute Gasteiger partial charge is 0.390 e. The van der Waals surface area contributed by atoms with Crippen LogP contribution in [0.15, 0.2) is 35.4 Å². The van der Waals surface area contributed by atoms with Crippen LogP contribution in [0.5, 0.6) is 0 Å². The van der Waals surface area contributed by atoms with Crippen molar-refractivity contribution in [1.29, 1.82) is 0 Å². The highest BCUT2D eigenvalue weighted by atomic mass is 32.2. The van der Waals surface area contributed by atoms with E-state index in [0.29, 0.717) is 18.8 Å². The number of nitrogens with one attached hydrogen (secondary N) is 1. The van der Waals surface area contributed by atoms with Crippen LogP contribution in [0.1, 0.15) is 11.3 Å². The Labute approximate surface area is 151 Å². The average molecular weight is 382 g/mol. The molecule has 142 valence electrons. The lowest BCUT2D eigenvalue weighted by molar-refractivity contribution is 0.0741. The molecule has 1 aliphatic heterocycles. The smallest absolute Gasteiger partial charge is 0.175 e. The van der Waals surface area contributed by atoms with Gasteiger partial charge in [0, 0.05) is 12.8 Å². The topological polar surface area (TPSA) is 127 Å². The third-order valence-electron chi connectivity index (χ3n) is 4.30. The van der Waals surface area contributed by atoms with E-state index >= 15 is 0 Å². The van der Waals surface area contributed by atoms with Crippen molar-refractivity contribution < 1.29 is 23.4 Å². The Kier molecular flexibility index (Phi) is 5.68. The highest BCUT2D eigenvalue weighted by Gasteiger charge is 2.36. The summed E-state index contributed by atoms with van der Waals surface area (Å²) in [5.74, 6) is 0. The number of hydrogen-bond acceptors (Lipinski definition) is 8. The number of ether oxygens (including phenoxy) is 1. The highest BCUT2D eigenvalue weighted by Crippen LogP contribution is 2.18. The number of hydrogen-bond donors (Lipinski definition) is 3. The van der Waals surface area contributed by atoms with Crippen LogP contribution >= 0.6 is 0 Å². The molecule has 3 atom stereocenters. The van der Waals surface area contributed by atoms with Crippen molar-refractivity contribution in [3.63, 3.8) is 0 Å². The van der Waals surface area contributed by atoms with E-state index in [2.05, 4.69) is 15.6 Å². The van der Waals surface area contributed by atoms with Crippen molar-refractivity contribution in [3.05, 3.63) is 41.7 Å². The van der Waals surface area contributed by atoms with Gasteiger partial charge >= 0.3 is 0 Å². The number of aliphatic hydroxyl groups excluding tert-OH is 2. The van der Waals surface area contributed by atoms with E-state index in [1.165, 1.54) is 6.26 Å². The summed E-state index contributed by atoms with van der Waals surface area (Å²) < 4.78 is 30.2. The molecule has 3 N–H and O–H groups in total. The van der Waals surface area contributed by atoms with Crippen LogP contribution in [0.2, 0.25) is 0 Å². The molecule has 0 saturated carbocycles. The molecule has 9 nitrogen and oxygen atoms in total. The third-order valence-corrected chi connectivity index (χ3v) is 5.43. The average Bonchev–Trinajstić information content (AvgIpc) is 3.20. The molecule has 0 spiro atoms. The first kappa shape index (κ1) is 18.9. The predicted molar refractivity (Wildman–Crippen MR) is 91.9 cm³/mol. The molecule has 2 heterocycles. The molecular weight excluding hydrogens is 360 g/mol. The Morgan fingerprint density at radius 2 is 2.08 bits per heavy atom. The van der Waals surface area contributed by atoms with Gasteiger partial charge in [-0.25, -0.2) is 13.1 Å². The molecule has 26 heavy (non-hydrogen) atoms. The van der Waals surface area contributed by atoms with Gasteiger partial charge in [0.2, 0.25) is 0 Å². The van der Waals surface area contributed by atoms with Gasteiger partial charge in [0.15, 0.2) is 9.84 Å². The molecule has 1 aromatic heterocycles. The normalized spacial score (nSPS) is 23.4. The maximum absolute atomic E-state index is 11.5. The molecule has 0 bridgehead atoms. The second-order valence-electron chi connectivity index (χ2n) is 6.35. The molecule has 10 heteroatoms. The van der Waals surface area contributed by atoms with Gasteiger partial charge in [-0.15, -0.1) is 5.10 Å². The first-order valence-electron chi connectivity index (χ1n) is 8.19. The van der Waals surface area contributed by atoms with E-state index in [1.54, 1.807) is 35.1 Å². The van der Waals surface area contributed by atoms with Crippen LogP contribution < -0.4 is 5.32 Å². The molecule has 0 unspecified atom stereocenters. The summed E-state index contributed by atoms with van der Waals surface area (Å²) in [6.07, 6.45) is 1.85. The van der Waals surface area contributed by atoms with Gasteiger partial charge in [0.05, 0.1) is 49.1 Å². The van der Waals surface area contributed by atoms with Gasteiger partial charge in [0.25, 0.3) is 0 Å². The number of aromatic nitrogens is 3. The second-order valence-corrected chi connectivity index (χ2v) is 8.37. The molecule has 0 radical (unpaired) electrons. The van der Waals surface area contributed by atoms with Crippen molar-refractivity contribution in [2.24, 2.45) is 0 Å². The van der Waals surface area contributed by atoms with E-state index < -0.39 is 15.9 Å². The molecule has 1 saturated heterocycles. The molecule has 3 rings (SSSR count). The number of benzene rings is 1. The molecule has 0 amide bonds. The summed E-state index contributed by atoms with van der Waals surface area (Å²) in [6, 6.07) is 6.32. The Balaban J connectivity index is 1.61. The summed E-state index contributed by atoms with van der Waals surface area (Å²) >= 11 is 0. The quantitative estimate of drug-likeness (QED) is 0.562. The molecular formula is C16H22N4O5S. The summed E-state index contributed by atoms with van der Waals surface area (Å²) in [6.45, 7) is 0.899. The monoisotopic (exact) mass is 382 g/mol. The minimum absolute atomic E-state index is 0.181. The lowest BCUT2D eigenvalue weighted by Crippen LogP contribution is -2.45. The number of sulfone groups is 1. The van der Waals surface area contributed by atoms with Crippen molar-refractivity contribution >= 4 is 9.84 Å². The predicted octanol–water partition coefficient (Wildman–Crippen LogP) is -0.908. The summed E-state index contributed by atoms with van der Waals surface area (Å²) in [4.78, 5) is 0.272. The van der Waals surface area contributed by atoms with Crippen molar-refractivity contribution in [2.75, 3.05) is 12.9 Å². The maximum atomic E-state index is 11.5. The fourth-order valence-corrected chi connectivity index (χ4v) is 3.52. The summed E-state index contributed by atoms with van der Waals surface area (Å²) in [7, 11) is -3.22.